The van der Waals surface area contributed by atoms with Gasteiger partial charge in [0.15, 0.2) is 0 Å². The fourth-order valence-corrected chi connectivity index (χ4v) is 1.83. The predicted octanol–water partition coefficient (Wildman–Crippen LogP) is 2.49. The zero-order valence-electron chi connectivity index (χ0n) is 9.66. The molecule has 0 fully saturated rings. The van der Waals surface area contributed by atoms with E-state index in [4.69, 9.17) is 0 Å². The number of benzene rings is 1. The van der Waals surface area contributed by atoms with E-state index in [-0.39, 0.29) is 6.04 Å². The van der Waals surface area contributed by atoms with Gasteiger partial charge in [-0.3, -0.25) is 5.32 Å². The molecule has 15 heavy (non-hydrogen) atoms. The molecule has 1 aromatic carbocycles. The molecule has 0 spiro atoms. The van der Waals surface area contributed by atoms with Crippen molar-refractivity contribution in [3.05, 3.63) is 35.9 Å². The third-order valence-electron chi connectivity index (χ3n) is 2.59. The largest absolute Gasteiger partial charge is 0.301 e. The minimum atomic E-state index is -0.532. The number of nitrogens with one attached hydrogen (secondary N) is 1. The Bertz CT molecular complexity index is 308. The molecule has 0 aromatic heterocycles. The summed E-state index contributed by atoms with van der Waals surface area (Å²) in [6.45, 7) is 6.13. The van der Waals surface area contributed by atoms with E-state index in [1.807, 2.05) is 37.3 Å². The van der Waals surface area contributed by atoms with Crippen LogP contribution in [0.15, 0.2) is 30.3 Å². The second-order valence-electron chi connectivity index (χ2n) is 4.11. The Morgan fingerprint density at radius 2 is 1.93 bits per heavy atom. The van der Waals surface area contributed by atoms with Crippen molar-refractivity contribution in [2.24, 2.45) is 0 Å². The van der Waals surface area contributed by atoms with E-state index >= 15 is 0 Å². The summed E-state index contributed by atoms with van der Waals surface area (Å²) in [6, 6.07) is 10.2. The predicted molar refractivity (Wildman–Crippen MR) is 62.7 cm³/mol. The Balaban J connectivity index is 3.05. The van der Waals surface area contributed by atoms with Crippen LogP contribution in [0.2, 0.25) is 0 Å². The number of carbonyl (C=O) groups is 1. The molecule has 0 heterocycles. The van der Waals surface area contributed by atoms with Crippen LogP contribution in [0.25, 0.3) is 0 Å². The summed E-state index contributed by atoms with van der Waals surface area (Å²) >= 11 is 0. The number of hydrogen-bond donors (Lipinski definition) is 1. The topological polar surface area (TPSA) is 29.1 Å². The third-order valence-corrected chi connectivity index (χ3v) is 2.59. The maximum absolute atomic E-state index is 11.3. The van der Waals surface area contributed by atoms with Gasteiger partial charge in [0.05, 0.1) is 5.54 Å². The SMILES string of the molecule is CC[C@](C=O)(NC(C)C)c1ccccc1. The zero-order valence-corrected chi connectivity index (χ0v) is 9.66. The Labute approximate surface area is 91.7 Å². The fourth-order valence-electron chi connectivity index (χ4n) is 1.83. The van der Waals surface area contributed by atoms with Gasteiger partial charge in [-0.2, -0.15) is 0 Å². The molecule has 1 N–H and O–H groups in total. The second-order valence-corrected chi connectivity index (χ2v) is 4.11. The van der Waals surface area contributed by atoms with E-state index in [1.54, 1.807) is 0 Å². The van der Waals surface area contributed by atoms with E-state index in [1.165, 1.54) is 0 Å². The standard InChI is InChI=1S/C13H19NO/c1-4-13(10-15,14-11(2)3)12-8-6-5-7-9-12/h5-11,14H,4H2,1-3H3/t13-/m1/s1. The van der Waals surface area contributed by atoms with Gasteiger partial charge in [-0.05, 0) is 25.8 Å². The lowest BCUT2D eigenvalue weighted by Gasteiger charge is -2.30. The molecular weight excluding hydrogens is 186 g/mol. The maximum Gasteiger partial charge on any atom is 0.144 e. The molecule has 0 amide bonds. The average molecular weight is 205 g/mol. The third kappa shape index (κ3) is 2.66. The molecule has 1 aromatic rings. The van der Waals surface area contributed by atoms with Crippen LogP contribution in [0.1, 0.15) is 32.8 Å². The summed E-state index contributed by atoms with van der Waals surface area (Å²) in [7, 11) is 0. The highest BCUT2D eigenvalue weighted by Gasteiger charge is 2.29. The molecule has 0 saturated heterocycles. The Morgan fingerprint density at radius 3 is 2.33 bits per heavy atom. The lowest BCUT2D eigenvalue weighted by molar-refractivity contribution is -0.114. The van der Waals surface area contributed by atoms with Crippen LogP contribution in [0.4, 0.5) is 0 Å². The highest BCUT2D eigenvalue weighted by atomic mass is 16.1. The maximum atomic E-state index is 11.3. The summed E-state index contributed by atoms with van der Waals surface area (Å²) < 4.78 is 0. The van der Waals surface area contributed by atoms with Crippen molar-refractivity contribution in [2.75, 3.05) is 0 Å². The zero-order chi connectivity index (χ0) is 11.3. The first-order valence-corrected chi connectivity index (χ1v) is 5.44. The summed E-state index contributed by atoms with van der Waals surface area (Å²) in [5, 5.41) is 3.34. The van der Waals surface area contributed by atoms with Crippen molar-refractivity contribution in [2.45, 2.75) is 38.8 Å². The Morgan fingerprint density at radius 1 is 1.33 bits per heavy atom. The van der Waals surface area contributed by atoms with E-state index < -0.39 is 5.54 Å². The molecule has 1 atom stereocenters. The molecule has 0 aliphatic heterocycles. The minimum Gasteiger partial charge on any atom is -0.301 e. The molecule has 0 aliphatic rings. The van der Waals surface area contributed by atoms with Crippen molar-refractivity contribution in [3.8, 4) is 0 Å². The van der Waals surface area contributed by atoms with E-state index in [0.29, 0.717) is 0 Å². The normalized spacial score (nSPS) is 14.9. The molecular formula is C13H19NO. The van der Waals surface area contributed by atoms with Crippen LogP contribution in [-0.4, -0.2) is 12.3 Å². The number of rotatable bonds is 5. The van der Waals surface area contributed by atoms with Gasteiger partial charge < -0.3 is 4.79 Å². The molecule has 0 aliphatic carbocycles. The van der Waals surface area contributed by atoms with Crippen LogP contribution in [0.3, 0.4) is 0 Å². The summed E-state index contributed by atoms with van der Waals surface area (Å²) in [5.74, 6) is 0. The molecule has 0 radical (unpaired) electrons. The van der Waals surface area contributed by atoms with Crippen LogP contribution in [0.5, 0.6) is 0 Å². The molecule has 82 valence electrons. The van der Waals surface area contributed by atoms with Crippen LogP contribution < -0.4 is 5.32 Å². The number of aldehydes is 1. The van der Waals surface area contributed by atoms with E-state index in [9.17, 15) is 4.79 Å². The summed E-state index contributed by atoms with van der Waals surface area (Å²) in [4.78, 5) is 11.3. The summed E-state index contributed by atoms with van der Waals surface area (Å²) in [5.41, 5.74) is 0.506. The van der Waals surface area contributed by atoms with Crippen molar-refractivity contribution >= 4 is 6.29 Å². The van der Waals surface area contributed by atoms with Crippen molar-refractivity contribution in [1.82, 2.24) is 5.32 Å². The highest BCUT2D eigenvalue weighted by Crippen LogP contribution is 2.23. The van der Waals surface area contributed by atoms with Crippen LogP contribution in [0, 0.1) is 0 Å². The lowest BCUT2D eigenvalue weighted by atomic mass is 9.88. The van der Waals surface area contributed by atoms with Gasteiger partial charge in [0.2, 0.25) is 0 Å². The number of carbonyl (C=O) groups excluding carboxylic acids is 1. The monoisotopic (exact) mass is 205 g/mol. The van der Waals surface area contributed by atoms with Gasteiger partial charge in [0, 0.05) is 6.04 Å². The Hall–Kier alpha value is -1.15. The lowest BCUT2D eigenvalue weighted by Crippen LogP contribution is -2.46. The highest BCUT2D eigenvalue weighted by molar-refractivity contribution is 5.67. The van der Waals surface area contributed by atoms with E-state index in [0.717, 1.165) is 18.3 Å². The quantitative estimate of drug-likeness (QED) is 0.748. The fraction of sp³-hybridized carbons (Fsp3) is 0.462. The number of hydrogen-bond acceptors (Lipinski definition) is 2. The first-order chi connectivity index (χ1) is 7.14. The van der Waals surface area contributed by atoms with Crippen molar-refractivity contribution < 1.29 is 4.79 Å². The van der Waals surface area contributed by atoms with Crippen LogP contribution in [-0.2, 0) is 10.3 Å². The van der Waals surface area contributed by atoms with Gasteiger partial charge in [-0.1, -0.05) is 37.3 Å². The summed E-state index contributed by atoms with van der Waals surface area (Å²) in [6.07, 6.45) is 1.78. The first-order valence-electron chi connectivity index (χ1n) is 5.44. The van der Waals surface area contributed by atoms with Gasteiger partial charge in [-0.15, -0.1) is 0 Å². The van der Waals surface area contributed by atoms with Crippen LogP contribution >= 0.6 is 0 Å². The van der Waals surface area contributed by atoms with Crippen molar-refractivity contribution in [3.63, 3.8) is 0 Å². The van der Waals surface area contributed by atoms with Gasteiger partial charge >= 0.3 is 0 Å². The second kappa shape index (κ2) is 5.08. The molecule has 2 nitrogen and oxygen atoms in total. The van der Waals surface area contributed by atoms with E-state index in [2.05, 4.69) is 19.2 Å². The molecule has 0 saturated carbocycles. The van der Waals surface area contributed by atoms with Crippen molar-refractivity contribution in [1.29, 1.82) is 0 Å². The molecule has 0 bridgehead atoms. The van der Waals surface area contributed by atoms with Gasteiger partial charge in [-0.25, -0.2) is 0 Å². The minimum absolute atomic E-state index is 0.287. The molecule has 0 unspecified atom stereocenters. The van der Waals surface area contributed by atoms with Gasteiger partial charge in [0.25, 0.3) is 0 Å². The first kappa shape index (κ1) is 11.9. The Kier molecular flexibility index (Phi) is 4.04. The smallest absolute Gasteiger partial charge is 0.144 e. The molecule has 2 heteroatoms. The van der Waals surface area contributed by atoms with Gasteiger partial charge in [0.1, 0.15) is 6.29 Å². The molecule has 1 rings (SSSR count). The average Bonchev–Trinajstić information content (AvgIpc) is 2.27.